The van der Waals surface area contributed by atoms with Gasteiger partial charge < -0.3 is 15.7 Å². The first-order valence-corrected chi connectivity index (χ1v) is 12.0. The highest BCUT2D eigenvalue weighted by atomic mass is 19.4. The van der Waals surface area contributed by atoms with E-state index in [0.717, 1.165) is 5.56 Å². The molecule has 0 aliphatic carbocycles. The highest BCUT2D eigenvalue weighted by Crippen LogP contribution is 2.48. The van der Waals surface area contributed by atoms with Crippen molar-refractivity contribution in [3.05, 3.63) is 53.3 Å². The Labute approximate surface area is 214 Å². The van der Waals surface area contributed by atoms with Gasteiger partial charge in [0.15, 0.2) is 11.6 Å². The average Bonchev–Trinajstić information content (AvgIpc) is 3.51. The lowest BCUT2D eigenvalue weighted by atomic mass is 9.84. The molecule has 4 atom stereocenters. The number of nitrogens with one attached hydrogen (secondary N) is 2. The van der Waals surface area contributed by atoms with Gasteiger partial charge in [0.25, 0.3) is 5.91 Å². The van der Waals surface area contributed by atoms with Crippen LogP contribution in [0.2, 0.25) is 0 Å². The summed E-state index contributed by atoms with van der Waals surface area (Å²) in [5.41, 5.74) is 1.39. The molecule has 14 heteroatoms. The number of likely N-dealkylation sites (tertiary alicyclic amines) is 1. The molecule has 4 unspecified atom stereocenters. The van der Waals surface area contributed by atoms with Gasteiger partial charge in [0.1, 0.15) is 6.04 Å². The lowest BCUT2D eigenvalue weighted by Gasteiger charge is -2.32. The Kier molecular flexibility index (Phi) is 7.75. The molecule has 1 aromatic heterocycles. The number of hydrogen-bond donors (Lipinski definition) is 3. The second-order valence-corrected chi connectivity index (χ2v) is 9.62. The number of aliphatic carboxylic acids is 1. The van der Waals surface area contributed by atoms with E-state index in [-0.39, 0.29) is 31.9 Å². The van der Waals surface area contributed by atoms with E-state index in [9.17, 15) is 41.0 Å². The number of fused-ring (bicyclic) bond motifs is 1. The number of nitrogens with zero attached hydrogens (tertiary/aromatic N) is 3. The summed E-state index contributed by atoms with van der Waals surface area (Å²) in [6.07, 6.45) is -9.61. The number of hydrogen-bond acceptors (Lipinski definition) is 5. The summed E-state index contributed by atoms with van der Waals surface area (Å²) >= 11 is 0. The summed E-state index contributed by atoms with van der Waals surface area (Å²) in [6.45, 7) is 2.23. The standard InChI is InChI=1S/C24H27F6N5O3/c1-2-35-10-14(17(33-35)21(36)31-8-13-6-4-3-5-7-13)9-34-11-15-16(12-34)19(22(37)38)32-18(15)20(23(25,26)27)24(28,29)30/h3-7,10,15-16,18-20,32H,2,8-9,11-12H2,1H3,(H,31,36)(H,37,38). The molecule has 3 heterocycles. The summed E-state index contributed by atoms with van der Waals surface area (Å²) in [6, 6.07) is 5.42. The fraction of sp³-hybridized carbons (Fsp3) is 0.542. The van der Waals surface area contributed by atoms with Crippen molar-refractivity contribution >= 4 is 11.9 Å². The van der Waals surface area contributed by atoms with E-state index in [4.69, 9.17) is 0 Å². The first-order valence-electron chi connectivity index (χ1n) is 12.0. The van der Waals surface area contributed by atoms with Crippen molar-refractivity contribution in [2.45, 2.75) is 51.0 Å². The summed E-state index contributed by atoms with van der Waals surface area (Å²) in [4.78, 5) is 26.2. The zero-order valence-corrected chi connectivity index (χ0v) is 20.3. The molecule has 208 valence electrons. The van der Waals surface area contributed by atoms with Gasteiger partial charge in [-0.25, -0.2) is 0 Å². The fourth-order valence-corrected chi connectivity index (χ4v) is 5.48. The van der Waals surface area contributed by atoms with Crippen molar-refractivity contribution in [1.29, 1.82) is 0 Å². The van der Waals surface area contributed by atoms with E-state index < -0.39 is 54.1 Å². The summed E-state index contributed by atoms with van der Waals surface area (Å²) in [5.74, 6) is -7.86. The van der Waals surface area contributed by atoms with Crippen molar-refractivity contribution < 1.29 is 41.0 Å². The molecule has 0 spiro atoms. The zero-order chi connectivity index (χ0) is 27.8. The van der Waals surface area contributed by atoms with E-state index in [1.807, 2.05) is 30.3 Å². The van der Waals surface area contributed by atoms with E-state index in [2.05, 4.69) is 15.7 Å². The second-order valence-electron chi connectivity index (χ2n) is 9.62. The molecule has 2 saturated heterocycles. The van der Waals surface area contributed by atoms with Crippen LogP contribution < -0.4 is 10.6 Å². The Hall–Kier alpha value is -3.13. The number of carbonyl (C=O) groups excluding carboxylic acids is 1. The monoisotopic (exact) mass is 547 g/mol. The van der Waals surface area contributed by atoms with Crippen molar-refractivity contribution in [1.82, 2.24) is 25.3 Å². The quantitative estimate of drug-likeness (QED) is 0.440. The smallest absolute Gasteiger partial charge is 0.402 e. The molecule has 0 saturated carbocycles. The number of aryl methyl sites for hydroxylation is 1. The molecule has 2 aliphatic rings. The lowest BCUT2D eigenvalue weighted by Crippen LogP contribution is -2.53. The van der Waals surface area contributed by atoms with Gasteiger partial charge >= 0.3 is 18.3 Å². The summed E-state index contributed by atoms with van der Waals surface area (Å²) < 4.78 is 82.5. The molecule has 4 rings (SSSR count). The van der Waals surface area contributed by atoms with Crippen LogP contribution in [0.1, 0.15) is 28.5 Å². The molecular weight excluding hydrogens is 520 g/mol. The Morgan fingerprint density at radius 1 is 1.11 bits per heavy atom. The first kappa shape index (κ1) is 27.9. The Bertz CT molecular complexity index is 1140. The van der Waals surface area contributed by atoms with E-state index in [1.54, 1.807) is 18.0 Å². The van der Waals surface area contributed by atoms with Crippen LogP contribution in [0.25, 0.3) is 0 Å². The predicted molar refractivity (Wildman–Crippen MR) is 122 cm³/mol. The third-order valence-electron chi connectivity index (χ3n) is 7.15. The third-order valence-corrected chi connectivity index (χ3v) is 7.15. The molecule has 1 aromatic carbocycles. The zero-order valence-electron chi connectivity index (χ0n) is 20.3. The van der Waals surface area contributed by atoms with Gasteiger partial charge in [0.05, 0.1) is 0 Å². The van der Waals surface area contributed by atoms with Crippen LogP contribution in [-0.4, -0.2) is 69.2 Å². The summed E-state index contributed by atoms with van der Waals surface area (Å²) in [5, 5.41) is 18.7. The van der Waals surface area contributed by atoms with Crippen LogP contribution in [0.15, 0.2) is 36.5 Å². The maximum absolute atomic E-state index is 13.5. The van der Waals surface area contributed by atoms with Gasteiger partial charge in [-0.05, 0) is 18.4 Å². The minimum Gasteiger partial charge on any atom is -0.480 e. The van der Waals surface area contributed by atoms with Gasteiger partial charge in [0.2, 0.25) is 0 Å². The minimum absolute atomic E-state index is 0.0167. The fourth-order valence-electron chi connectivity index (χ4n) is 5.48. The van der Waals surface area contributed by atoms with Gasteiger partial charge in [-0.15, -0.1) is 0 Å². The number of carbonyl (C=O) groups is 2. The molecule has 0 radical (unpaired) electrons. The van der Waals surface area contributed by atoms with E-state index >= 15 is 0 Å². The molecule has 8 nitrogen and oxygen atoms in total. The highest BCUT2D eigenvalue weighted by Gasteiger charge is 2.66. The molecule has 3 N–H and O–H groups in total. The summed E-state index contributed by atoms with van der Waals surface area (Å²) in [7, 11) is 0. The van der Waals surface area contributed by atoms with E-state index in [1.165, 1.54) is 4.68 Å². The van der Waals surface area contributed by atoms with Crippen LogP contribution in [0.5, 0.6) is 0 Å². The number of carboxylic acids is 1. The van der Waals surface area contributed by atoms with Crippen molar-refractivity contribution in [3.8, 4) is 0 Å². The first-order chi connectivity index (χ1) is 17.8. The predicted octanol–water partition coefficient (Wildman–Crippen LogP) is 3.05. The number of aromatic nitrogens is 2. The van der Waals surface area contributed by atoms with Crippen LogP contribution >= 0.6 is 0 Å². The van der Waals surface area contributed by atoms with E-state index in [0.29, 0.717) is 12.1 Å². The Morgan fingerprint density at radius 3 is 2.32 bits per heavy atom. The number of benzene rings is 1. The topological polar surface area (TPSA) is 99.5 Å². The highest BCUT2D eigenvalue weighted by molar-refractivity contribution is 5.93. The van der Waals surface area contributed by atoms with Crippen LogP contribution in [0, 0.1) is 17.8 Å². The van der Waals surface area contributed by atoms with Gasteiger partial charge in [0, 0.05) is 56.4 Å². The molecule has 2 aliphatic heterocycles. The number of rotatable bonds is 8. The lowest BCUT2D eigenvalue weighted by molar-refractivity contribution is -0.293. The van der Waals surface area contributed by atoms with Gasteiger partial charge in [-0.3, -0.25) is 19.2 Å². The van der Waals surface area contributed by atoms with Crippen LogP contribution in [0.4, 0.5) is 26.3 Å². The molecule has 38 heavy (non-hydrogen) atoms. The maximum Gasteiger partial charge on any atom is 0.402 e. The molecule has 2 fully saturated rings. The minimum atomic E-state index is -5.60. The molecule has 0 bridgehead atoms. The molecular formula is C24H27F6N5O3. The SMILES string of the molecule is CCn1cc(CN2CC3C(C(=O)O)NC(C(C(F)(F)F)C(F)(F)F)C3C2)c(C(=O)NCc2ccccc2)n1. The van der Waals surface area contributed by atoms with Gasteiger partial charge in [-0.2, -0.15) is 31.4 Å². The second kappa shape index (κ2) is 10.6. The van der Waals surface area contributed by atoms with Crippen molar-refractivity contribution in [2.24, 2.45) is 17.8 Å². The molecule has 2 aromatic rings. The van der Waals surface area contributed by atoms with Gasteiger partial charge in [-0.1, -0.05) is 30.3 Å². The number of amides is 1. The maximum atomic E-state index is 13.5. The number of carboxylic acid groups (broad SMARTS) is 1. The van der Waals surface area contributed by atoms with Crippen molar-refractivity contribution in [2.75, 3.05) is 13.1 Å². The number of halogens is 6. The average molecular weight is 548 g/mol. The normalized spacial score (nSPS) is 24.1. The Balaban J connectivity index is 1.54. The third kappa shape index (κ3) is 5.80. The van der Waals surface area contributed by atoms with Crippen LogP contribution in [0.3, 0.4) is 0 Å². The molecule has 1 amide bonds. The Morgan fingerprint density at radius 2 is 1.74 bits per heavy atom. The van der Waals surface area contributed by atoms with Crippen molar-refractivity contribution in [3.63, 3.8) is 0 Å². The van der Waals surface area contributed by atoms with Crippen LogP contribution in [-0.2, 0) is 24.4 Å². The number of alkyl halides is 6. The largest absolute Gasteiger partial charge is 0.480 e.